The van der Waals surface area contributed by atoms with Crippen molar-refractivity contribution in [1.82, 2.24) is 9.71 Å². The molecule has 1 fully saturated rings. The van der Waals surface area contributed by atoms with Crippen molar-refractivity contribution in [3.05, 3.63) is 40.7 Å². The van der Waals surface area contributed by atoms with Gasteiger partial charge in [0.15, 0.2) is 0 Å². The number of hydrogen-bond donors (Lipinski definition) is 2. The summed E-state index contributed by atoms with van der Waals surface area (Å²) in [7, 11) is -0.0153. The number of H-pyrrole nitrogens is 1. The standard InChI is InChI=1S/C17H25N3O3S/c1-18-24(22,23)10-7-13-3-4-17-15(11-13)16(12-19-17)14-5-8-20(2,21)9-6-14/h3-4,11-12,14,18-19H,5-10H2,1-2H3. The fourth-order valence-corrected chi connectivity index (χ4v) is 4.17. The molecule has 0 aliphatic carbocycles. The van der Waals surface area contributed by atoms with E-state index in [2.05, 4.69) is 15.8 Å². The van der Waals surface area contributed by atoms with Crippen molar-refractivity contribution >= 4 is 20.9 Å². The minimum atomic E-state index is -3.20. The monoisotopic (exact) mass is 351 g/mol. The van der Waals surface area contributed by atoms with Gasteiger partial charge in [-0.05, 0) is 42.6 Å². The van der Waals surface area contributed by atoms with Crippen molar-refractivity contribution in [1.29, 1.82) is 0 Å². The third-order valence-electron chi connectivity index (χ3n) is 5.09. The molecule has 1 aromatic carbocycles. The van der Waals surface area contributed by atoms with Gasteiger partial charge in [-0.2, -0.15) is 0 Å². The first-order valence-electron chi connectivity index (χ1n) is 8.36. The Labute approximate surface area is 143 Å². The molecule has 3 rings (SSSR count). The van der Waals surface area contributed by atoms with Gasteiger partial charge in [0.05, 0.1) is 25.9 Å². The number of nitrogens with zero attached hydrogens (tertiary/aromatic N) is 1. The first-order valence-corrected chi connectivity index (χ1v) is 10.0. The zero-order valence-corrected chi connectivity index (χ0v) is 15.0. The van der Waals surface area contributed by atoms with Crippen LogP contribution in [0.3, 0.4) is 0 Å². The lowest BCUT2D eigenvalue weighted by Crippen LogP contribution is -2.43. The number of piperidine rings is 1. The summed E-state index contributed by atoms with van der Waals surface area (Å²) in [4.78, 5) is 3.30. The molecule has 2 N–H and O–H groups in total. The molecule has 1 aromatic heterocycles. The lowest BCUT2D eigenvalue weighted by molar-refractivity contribution is -0.866. The number of aromatic amines is 1. The zero-order chi connectivity index (χ0) is 17.4. The van der Waals surface area contributed by atoms with Crippen molar-refractivity contribution in [2.45, 2.75) is 25.2 Å². The number of aromatic nitrogens is 1. The van der Waals surface area contributed by atoms with E-state index in [0.717, 1.165) is 29.3 Å². The second kappa shape index (κ2) is 6.48. The molecule has 0 spiro atoms. The van der Waals surface area contributed by atoms with E-state index < -0.39 is 10.0 Å². The van der Waals surface area contributed by atoms with Crippen LogP contribution in [0.25, 0.3) is 10.9 Å². The van der Waals surface area contributed by atoms with Crippen molar-refractivity contribution in [2.75, 3.05) is 32.9 Å². The van der Waals surface area contributed by atoms with Gasteiger partial charge in [0.1, 0.15) is 0 Å². The molecule has 0 bridgehead atoms. The molecule has 2 aromatic rings. The topological polar surface area (TPSA) is 85.0 Å². The van der Waals surface area contributed by atoms with Crippen LogP contribution in [0.4, 0.5) is 0 Å². The largest absolute Gasteiger partial charge is 0.633 e. The summed E-state index contributed by atoms with van der Waals surface area (Å²) in [6.45, 7) is 1.30. The Morgan fingerprint density at radius 3 is 2.71 bits per heavy atom. The van der Waals surface area contributed by atoms with Crippen LogP contribution < -0.4 is 4.72 Å². The van der Waals surface area contributed by atoms with E-state index in [-0.39, 0.29) is 10.4 Å². The van der Waals surface area contributed by atoms with Gasteiger partial charge in [0, 0.05) is 29.9 Å². The predicted octanol–water partition coefficient (Wildman–Crippen LogP) is 2.08. The molecule has 1 saturated heterocycles. The van der Waals surface area contributed by atoms with Gasteiger partial charge in [0.25, 0.3) is 0 Å². The van der Waals surface area contributed by atoms with Crippen molar-refractivity contribution in [3.8, 4) is 0 Å². The highest BCUT2D eigenvalue weighted by molar-refractivity contribution is 7.89. The molecule has 0 saturated carbocycles. The molecule has 1 aliphatic rings. The smallest absolute Gasteiger partial charge is 0.211 e. The van der Waals surface area contributed by atoms with Crippen molar-refractivity contribution in [3.63, 3.8) is 0 Å². The molecule has 2 heterocycles. The number of benzene rings is 1. The summed E-state index contributed by atoms with van der Waals surface area (Å²) >= 11 is 0. The van der Waals surface area contributed by atoms with Crippen LogP contribution in [0.2, 0.25) is 0 Å². The summed E-state index contributed by atoms with van der Waals surface area (Å²) in [6.07, 6.45) is 4.32. The third kappa shape index (κ3) is 3.80. The fourth-order valence-electron chi connectivity index (χ4n) is 3.46. The molecule has 0 unspecified atom stereocenters. The molecule has 0 atom stereocenters. The lowest BCUT2D eigenvalue weighted by atomic mass is 9.89. The van der Waals surface area contributed by atoms with E-state index in [1.165, 1.54) is 12.6 Å². The SMILES string of the molecule is CNS(=O)(=O)CCc1ccc2[nH]cc(C3CC[N+](C)([O-])CC3)c2c1. The maximum absolute atomic E-state index is 12.0. The minimum absolute atomic E-state index is 0.0875. The number of sulfonamides is 1. The molecule has 0 amide bonds. The Morgan fingerprint density at radius 2 is 2.04 bits per heavy atom. The highest BCUT2D eigenvalue weighted by Gasteiger charge is 2.26. The van der Waals surface area contributed by atoms with Gasteiger partial charge in [0.2, 0.25) is 10.0 Å². The molecular weight excluding hydrogens is 326 g/mol. The summed E-state index contributed by atoms with van der Waals surface area (Å²) < 4.78 is 25.4. The van der Waals surface area contributed by atoms with E-state index in [1.54, 1.807) is 7.05 Å². The zero-order valence-electron chi connectivity index (χ0n) is 14.2. The number of hydrogen-bond acceptors (Lipinski definition) is 3. The van der Waals surface area contributed by atoms with Gasteiger partial charge >= 0.3 is 0 Å². The number of fused-ring (bicyclic) bond motifs is 1. The summed E-state index contributed by atoms with van der Waals surface area (Å²) in [5.41, 5.74) is 3.33. The van der Waals surface area contributed by atoms with Crippen LogP contribution in [0.15, 0.2) is 24.4 Å². The molecule has 24 heavy (non-hydrogen) atoms. The van der Waals surface area contributed by atoms with Crippen LogP contribution in [-0.2, 0) is 16.4 Å². The molecule has 1 aliphatic heterocycles. The second-order valence-corrected chi connectivity index (χ2v) is 8.96. The number of likely N-dealkylation sites (tertiary alicyclic amines) is 1. The molecule has 0 radical (unpaired) electrons. The van der Waals surface area contributed by atoms with Crippen LogP contribution in [0.1, 0.15) is 29.9 Å². The number of aryl methyl sites for hydroxylation is 1. The van der Waals surface area contributed by atoms with E-state index in [4.69, 9.17) is 0 Å². The van der Waals surface area contributed by atoms with E-state index in [0.29, 0.717) is 25.4 Å². The van der Waals surface area contributed by atoms with Crippen LogP contribution >= 0.6 is 0 Å². The van der Waals surface area contributed by atoms with Crippen LogP contribution in [0.5, 0.6) is 0 Å². The Balaban J connectivity index is 1.81. The Hall–Kier alpha value is -1.41. The Bertz CT molecular complexity index is 817. The maximum Gasteiger partial charge on any atom is 0.211 e. The third-order valence-corrected chi connectivity index (χ3v) is 6.45. The van der Waals surface area contributed by atoms with E-state index in [9.17, 15) is 13.6 Å². The second-order valence-electron chi connectivity index (χ2n) is 6.92. The summed E-state index contributed by atoms with van der Waals surface area (Å²) in [5.74, 6) is 0.486. The molecule has 132 valence electrons. The number of rotatable bonds is 5. The summed E-state index contributed by atoms with van der Waals surface area (Å²) in [5, 5.41) is 13.2. The molecule has 6 nitrogen and oxygen atoms in total. The van der Waals surface area contributed by atoms with Gasteiger partial charge in [-0.25, -0.2) is 13.1 Å². The maximum atomic E-state index is 12.0. The lowest BCUT2D eigenvalue weighted by Gasteiger charge is -2.44. The number of hydroxylamine groups is 3. The number of nitrogens with one attached hydrogen (secondary N) is 2. The normalized spacial score (nSPS) is 25.2. The van der Waals surface area contributed by atoms with E-state index in [1.807, 2.05) is 18.3 Å². The first-order chi connectivity index (χ1) is 11.3. The van der Waals surface area contributed by atoms with Gasteiger partial charge in [-0.3, -0.25) is 0 Å². The quantitative estimate of drug-likeness (QED) is 0.639. The fraction of sp³-hybridized carbons (Fsp3) is 0.529. The first kappa shape index (κ1) is 17.4. The Morgan fingerprint density at radius 1 is 1.33 bits per heavy atom. The van der Waals surface area contributed by atoms with Gasteiger partial charge < -0.3 is 14.8 Å². The van der Waals surface area contributed by atoms with Crippen molar-refractivity contribution in [2.24, 2.45) is 0 Å². The minimum Gasteiger partial charge on any atom is -0.633 e. The van der Waals surface area contributed by atoms with Gasteiger partial charge in [-0.15, -0.1) is 0 Å². The highest BCUT2D eigenvalue weighted by atomic mass is 32.2. The van der Waals surface area contributed by atoms with E-state index >= 15 is 0 Å². The molecule has 7 heteroatoms. The molecular formula is C17H25N3O3S. The highest BCUT2D eigenvalue weighted by Crippen LogP contribution is 2.34. The van der Waals surface area contributed by atoms with Gasteiger partial charge in [-0.1, -0.05) is 6.07 Å². The summed E-state index contributed by atoms with van der Waals surface area (Å²) in [6, 6.07) is 6.07. The predicted molar refractivity (Wildman–Crippen MR) is 96.1 cm³/mol. The number of quaternary nitrogens is 1. The van der Waals surface area contributed by atoms with Crippen LogP contribution in [0, 0.1) is 5.21 Å². The average molecular weight is 351 g/mol. The van der Waals surface area contributed by atoms with Crippen molar-refractivity contribution < 1.29 is 13.1 Å². The Kier molecular flexibility index (Phi) is 4.70. The average Bonchev–Trinajstić information content (AvgIpc) is 2.96. The van der Waals surface area contributed by atoms with Crippen LogP contribution in [-0.4, -0.2) is 51.0 Å².